The number of hydrogen-bond acceptors (Lipinski definition) is 3. The number of aromatic nitrogens is 1. The summed E-state index contributed by atoms with van der Waals surface area (Å²) in [7, 11) is 4.21. The van der Waals surface area contributed by atoms with Gasteiger partial charge in [0, 0.05) is 23.2 Å². The number of hydrogen-bond donors (Lipinski definition) is 0. The third-order valence-corrected chi connectivity index (χ3v) is 4.80. The monoisotopic (exact) mass is 322 g/mol. The maximum absolute atomic E-state index is 4.92. The zero-order chi connectivity index (χ0) is 16.2. The summed E-state index contributed by atoms with van der Waals surface area (Å²) in [4.78, 5) is 7.12. The van der Waals surface area contributed by atoms with E-state index in [2.05, 4.69) is 80.5 Å². The molecule has 0 saturated carbocycles. The van der Waals surface area contributed by atoms with Gasteiger partial charge in [-0.05, 0) is 38.7 Å². The summed E-state index contributed by atoms with van der Waals surface area (Å²) in [6.45, 7) is 3.17. The fourth-order valence-corrected chi connectivity index (χ4v) is 3.62. The van der Waals surface area contributed by atoms with Gasteiger partial charge in [-0.3, -0.25) is 0 Å². The van der Waals surface area contributed by atoms with Crippen molar-refractivity contribution in [2.24, 2.45) is 0 Å². The number of fused-ring (bicyclic) bond motifs is 1. The molecule has 0 radical (unpaired) electrons. The first-order chi connectivity index (χ1) is 11.1. The van der Waals surface area contributed by atoms with Gasteiger partial charge < -0.3 is 4.90 Å². The second kappa shape index (κ2) is 7.16. The second-order valence-corrected chi connectivity index (χ2v) is 7.14. The van der Waals surface area contributed by atoms with E-state index in [1.807, 2.05) is 11.8 Å². The van der Waals surface area contributed by atoms with Crippen molar-refractivity contribution in [1.29, 1.82) is 0 Å². The molecule has 0 fully saturated rings. The molecule has 0 aliphatic heterocycles. The van der Waals surface area contributed by atoms with Gasteiger partial charge in [0.15, 0.2) is 0 Å². The number of para-hydroxylation sites is 1. The van der Waals surface area contributed by atoms with E-state index in [0.717, 1.165) is 22.8 Å². The van der Waals surface area contributed by atoms with Crippen molar-refractivity contribution in [2.45, 2.75) is 11.9 Å². The highest BCUT2D eigenvalue weighted by molar-refractivity contribution is 7.99. The Morgan fingerprint density at radius 2 is 1.74 bits per heavy atom. The van der Waals surface area contributed by atoms with Crippen molar-refractivity contribution in [1.82, 2.24) is 9.88 Å². The van der Waals surface area contributed by atoms with Crippen molar-refractivity contribution in [3.05, 3.63) is 60.2 Å². The Labute approximate surface area is 142 Å². The van der Waals surface area contributed by atoms with Gasteiger partial charge in [-0.1, -0.05) is 48.0 Å². The standard InChI is InChI=1S/C20H22N2S/c1-15-8-10-16(11-9-15)18-14-17-6-4-5-7-19(17)21-20(18)23-13-12-22(2)3/h4-11,14H,12-13H2,1-3H3. The molecule has 0 bridgehead atoms. The van der Waals surface area contributed by atoms with Crippen LogP contribution in [-0.4, -0.2) is 36.3 Å². The van der Waals surface area contributed by atoms with E-state index in [4.69, 9.17) is 4.98 Å². The summed E-state index contributed by atoms with van der Waals surface area (Å²) in [6, 6.07) is 19.3. The lowest BCUT2D eigenvalue weighted by molar-refractivity contribution is 0.437. The molecule has 2 aromatic carbocycles. The van der Waals surface area contributed by atoms with E-state index in [0.29, 0.717) is 0 Å². The lowest BCUT2D eigenvalue weighted by atomic mass is 10.0. The molecule has 3 aromatic rings. The summed E-state index contributed by atoms with van der Waals surface area (Å²) in [5.41, 5.74) is 4.81. The van der Waals surface area contributed by atoms with E-state index in [1.54, 1.807) is 0 Å². The Balaban J connectivity index is 2.03. The molecule has 2 nitrogen and oxygen atoms in total. The number of nitrogens with zero attached hydrogens (tertiary/aromatic N) is 2. The van der Waals surface area contributed by atoms with Gasteiger partial charge in [0.05, 0.1) is 5.52 Å². The molecule has 23 heavy (non-hydrogen) atoms. The minimum Gasteiger partial charge on any atom is -0.309 e. The van der Waals surface area contributed by atoms with E-state index < -0.39 is 0 Å². The van der Waals surface area contributed by atoms with E-state index >= 15 is 0 Å². The molecule has 0 unspecified atom stereocenters. The molecule has 0 atom stereocenters. The van der Waals surface area contributed by atoms with E-state index in [-0.39, 0.29) is 0 Å². The van der Waals surface area contributed by atoms with Crippen LogP contribution in [0, 0.1) is 6.92 Å². The van der Waals surface area contributed by atoms with Crippen LogP contribution in [0.2, 0.25) is 0 Å². The normalized spacial score (nSPS) is 11.3. The molecule has 0 aliphatic carbocycles. The van der Waals surface area contributed by atoms with Crippen LogP contribution in [0.4, 0.5) is 0 Å². The SMILES string of the molecule is Cc1ccc(-c2cc3ccccc3nc2SCCN(C)C)cc1. The predicted molar refractivity (Wildman–Crippen MR) is 101 cm³/mol. The Morgan fingerprint density at radius 1 is 1.00 bits per heavy atom. The van der Waals surface area contributed by atoms with Gasteiger partial charge >= 0.3 is 0 Å². The zero-order valence-corrected chi connectivity index (χ0v) is 14.7. The molecule has 0 spiro atoms. The smallest absolute Gasteiger partial charge is 0.105 e. The molecule has 0 aliphatic rings. The van der Waals surface area contributed by atoms with Crippen LogP contribution in [0.3, 0.4) is 0 Å². The first-order valence-corrected chi connectivity index (χ1v) is 8.86. The van der Waals surface area contributed by atoms with Crippen molar-refractivity contribution in [2.75, 3.05) is 26.4 Å². The number of benzene rings is 2. The van der Waals surface area contributed by atoms with Gasteiger partial charge in [0.1, 0.15) is 5.03 Å². The third kappa shape index (κ3) is 3.92. The molecule has 118 valence electrons. The van der Waals surface area contributed by atoms with Crippen molar-refractivity contribution >= 4 is 22.7 Å². The van der Waals surface area contributed by atoms with Gasteiger partial charge in [-0.2, -0.15) is 0 Å². The first-order valence-electron chi connectivity index (χ1n) is 7.88. The molecular formula is C20H22N2S. The Kier molecular flexibility index (Phi) is 4.99. The maximum Gasteiger partial charge on any atom is 0.105 e. The fraction of sp³-hybridized carbons (Fsp3) is 0.250. The summed E-state index contributed by atoms with van der Waals surface area (Å²) < 4.78 is 0. The van der Waals surface area contributed by atoms with E-state index in [9.17, 15) is 0 Å². The van der Waals surface area contributed by atoms with Gasteiger partial charge in [0.2, 0.25) is 0 Å². The van der Waals surface area contributed by atoms with Crippen LogP contribution in [0.1, 0.15) is 5.56 Å². The third-order valence-electron chi connectivity index (χ3n) is 3.83. The Hall–Kier alpha value is -1.84. The topological polar surface area (TPSA) is 16.1 Å². The van der Waals surface area contributed by atoms with Gasteiger partial charge in [-0.15, -0.1) is 11.8 Å². The average molecular weight is 322 g/mol. The summed E-state index contributed by atoms with van der Waals surface area (Å²) in [5.74, 6) is 1.04. The van der Waals surface area contributed by atoms with Crippen molar-refractivity contribution in [3.63, 3.8) is 0 Å². The first kappa shape index (κ1) is 16.0. The van der Waals surface area contributed by atoms with Crippen LogP contribution in [0.5, 0.6) is 0 Å². The highest BCUT2D eigenvalue weighted by Gasteiger charge is 2.10. The molecule has 0 amide bonds. The minimum atomic E-state index is 1.04. The lowest BCUT2D eigenvalue weighted by Gasteiger charge is -2.13. The number of aryl methyl sites for hydroxylation is 1. The molecule has 1 aromatic heterocycles. The molecule has 3 heteroatoms. The number of pyridine rings is 1. The van der Waals surface area contributed by atoms with Crippen LogP contribution in [-0.2, 0) is 0 Å². The van der Waals surface area contributed by atoms with Crippen LogP contribution < -0.4 is 0 Å². The van der Waals surface area contributed by atoms with Crippen LogP contribution in [0.25, 0.3) is 22.0 Å². The summed E-state index contributed by atoms with van der Waals surface area (Å²) in [5, 5.41) is 2.31. The summed E-state index contributed by atoms with van der Waals surface area (Å²) >= 11 is 1.84. The summed E-state index contributed by atoms with van der Waals surface area (Å²) in [6.07, 6.45) is 0. The highest BCUT2D eigenvalue weighted by Crippen LogP contribution is 2.33. The Bertz CT molecular complexity index is 794. The minimum absolute atomic E-state index is 1.04. The number of rotatable bonds is 5. The lowest BCUT2D eigenvalue weighted by Crippen LogP contribution is -2.14. The van der Waals surface area contributed by atoms with Crippen molar-refractivity contribution < 1.29 is 0 Å². The van der Waals surface area contributed by atoms with Gasteiger partial charge in [-0.25, -0.2) is 4.98 Å². The zero-order valence-electron chi connectivity index (χ0n) is 13.9. The van der Waals surface area contributed by atoms with Gasteiger partial charge in [0.25, 0.3) is 0 Å². The van der Waals surface area contributed by atoms with E-state index in [1.165, 1.54) is 22.1 Å². The molecule has 0 N–H and O–H groups in total. The predicted octanol–water partition coefficient (Wildman–Crippen LogP) is 4.86. The molecule has 0 saturated heterocycles. The average Bonchev–Trinajstić information content (AvgIpc) is 2.55. The molecule has 3 rings (SSSR count). The highest BCUT2D eigenvalue weighted by atomic mass is 32.2. The van der Waals surface area contributed by atoms with Crippen molar-refractivity contribution in [3.8, 4) is 11.1 Å². The van der Waals surface area contributed by atoms with Crippen LogP contribution in [0.15, 0.2) is 59.6 Å². The largest absolute Gasteiger partial charge is 0.309 e. The quantitative estimate of drug-likeness (QED) is 0.624. The van der Waals surface area contributed by atoms with Crippen LogP contribution >= 0.6 is 11.8 Å². The maximum atomic E-state index is 4.92. The fourth-order valence-electron chi connectivity index (χ4n) is 2.47. The second-order valence-electron chi connectivity index (χ2n) is 6.05. The molecular weight excluding hydrogens is 300 g/mol. The number of thioether (sulfide) groups is 1. The molecule has 1 heterocycles. The Morgan fingerprint density at radius 3 is 2.48 bits per heavy atom.